The van der Waals surface area contributed by atoms with E-state index in [0.717, 1.165) is 19.4 Å². The predicted molar refractivity (Wildman–Crippen MR) is 99.1 cm³/mol. The van der Waals surface area contributed by atoms with Crippen LogP contribution in [0.1, 0.15) is 26.7 Å². The van der Waals surface area contributed by atoms with Crippen molar-refractivity contribution in [2.24, 2.45) is 0 Å². The van der Waals surface area contributed by atoms with Gasteiger partial charge in [-0.25, -0.2) is 0 Å². The largest absolute Gasteiger partial charge is 0.377 e. The lowest BCUT2D eigenvalue weighted by Gasteiger charge is -2.16. The highest BCUT2D eigenvalue weighted by Crippen LogP contribution is 1.93. The second-order valence-corrected chi connectivity index (χ2v) is 6.00. The van der Waals surface area contributed by atoms with Gasteiger partial charge in [0.05, 0.1) is 46.2 Å². The lowest BCUT2D eigenvalue weighted by atomic mass is 10.3. The minimum Gasteiger partial charge on any atom is -0.377 e. The molecular weight excluding hydrogens is 340 g/mol. The molecule has 0 rings (SSSR count). The van der Waals surface area contributed by atoms with Gasteiger partial charge in [-0.3, -0.25) is 9.59 Å². The summed E-state index contributed by atoms with van der Waals surface area (Å²) < 4.78 is 21.4. The van der Waals surface area contributed by atoms with E-state index in [0.29, 0.717) is 52.8 Å². The van der Waals surface area contributed by atoms with E-state index in [9.17, 15) is 9.59 Å². The summed E-state index contributed by atoms with van der Waals surface area (Å²) in [5, 5.41) is 0. The number of nitrogens with zero attached hydrogens (tertiary/aromatic N) is 2. The lowest BCUT2D eigenvalue weighted by Crippen LogP contribution is -2.31. The molecule has 0 fully saturated rings. The zero-order valence-electron chi connectivity index (χ0n) is 16.8. The molecule has 0 atom stereocenters. The van der Waals surface area contributed by atoms with Crippen LogP contribution >= 0.6 is 0 Å². The van der Waals surface area contributed by atoms with Gasteiger partial charge in [0.1, 0.15) is 6.61 Å². The molecule has 0 aromatic heterocycles. The summed E-state index contributed by atoms with van der Waals surface area (Å²) in [4.78, 5) is 26.0. The number of hydrogen-bond donors (Lipinski definition) is 0. The number of likely N-dealkylation sites (N-methyl/N-ethyl adjacent to an activating group) is 2. The summed E-state index contributed by atoms with van der Waals surface area (Å²) in [5.74, 6) is 0.0233. The fraction of sp³-hybridized carbons (Fsp3) is 0.889. The van der Waals surface area contributed by atoms with Gasteiger partial charge < -0.3 is 28.7 Å². The van der Waals surface area contributed by atoms with E-state index in [1.165, 1.54) is 6.92 Å². The summed E-state index contributed by atoms with van der Waals surface area (Å²) >= 11 is 0. The molecule has 0 aliphatic rings. The molecule has 0 saturated heterocycles. The molecule has 0 aliphatic carbocycles. The van der Waals surface area contributed by atoms with Crippen LogP contribution in [0.25, 0.3) is 0 Å². The molecule has 26 heavy (non-hydrogen) atoms. The Kier molecular flexibility index (Phi) is 16.4. The van der Waals surface area contributed by atoms with Gasteiger partial charge in [0.15, 0.2) is 0 Å². The fourth-order valence-electron chi connectivity index (χ4n) is 1.81. The highest BCUT2D eigenvalue weighted by molar-refractivity contribution is 5.77. The molecule has 0 radical (unpaired) electrons. The van der Waals surface area contributed by atoms with Gasteiger partial charge in [0.25, 0.3) is 0 Å². The van der Waals surface area contributed by atoms with Crippen molar-refractivity contribution in [2.45, 2.75) is 26.7 Å². The maximum atomic E-state index is 11.7. The van der Waals surface area contributed by atoms with Crippen LogP contribution < -0.4 is 0 Å². The Morgan fingerprint density at radius 2 is 1.23 bits per heavy atom. The smallest absolute Gasteiger partial charge is 0.248 e. The third-order valence-corrected chi connectivity index (χ3v) is 3.72. The topological polar surface area (TPSA) is 77.5 Å². The molecule has 8 nitrogen and oxygen atoms in total. The second-order valence-electron chi connectivity index (χ2n) is 6.00. The van der Waals surface area contributed by atoms with E-state index in [4.69, 9.17) is 18.9 Å². The summed E-state index contributed by atoms with van der Waals surface area (Å²) in [5.41, 5.74) is 0. The van der Waals surface area contributed by atoms with E-state index in [1.807, 2.05) is 0 Å². The Balaban J connectivity index is 3.27. The summed E-state index contributed by atoms with van der Waals surface area (Å²) in [7, 11) is 3.53. The molecule has 0 unspecified atom stereocenters. The third kappa shape index (κ3) is 15.1. The van der Waals surface area contributed by atoms with Gasteiger partial charge >= 0.3 is 0 Å². The van der Waals surface area contributed by atoms with Crippen LogP contribution in [-0.4, -0.2) is 102 Å². The third-order valence-electron chi connectivity index (χ3n) is 3.72. The first-order chi connectivity index (χ1) is 12.5. The molecular formula is C18H36N2O6. The Morgan fingerprint density at radius 1 is 0.731 bits per heavy atom. The van der Waals surface area contributed by atoms with Crippen molar-refractivity contribution >= 4 is 11.8 Å². The highest BCUT2D eigenvalue weighted by Gasteiger charge is 2.07. The van der Waals surface area contributed by atoms with Crippen LogP contribution in [0.4, 0.5) is 0 Å². The molecule has 154 valence electrons. The van der Waals surface area contributed by atoms with Gasteiger partial charge in [-0.05, 0) is 6.42 Å². The van der Waals surface area contributed by atoms with Gasteiger partial charge in [-0.2, -0.15) is 0 Å². The summed E-state index contributed by atoms with van der Waals surface area (Å²) in [6.07, 6.45) is 2.07. The van der Waals surface area contributed by atoms with Crippen molar-refractivity contribution in [3.8, 4) is 0 Å². The number of unbranched alkanes of at least 4 members (excludes halogenated alkanes) is 1. The summed E-state index contributed by atoms with van der Waals surface area (Å²) in [6.45, 7) is 8.32. The van der Waals surface area contributed by atoms with Gasteiger partial charge in [0.2, 0.25) is 11.8 Å². The monoisotopic (exact) mass is 376 g/mol. The van der Waals surface area contributed by atoms with Crippen molar-refractivity contribution < 1.29 is 28.5 Å². The first-order valence-electron chi connectivity index (χ1n) is 9.25. The van der Waals surface area contributed by atoms with Crippen molar-refractivity contribution in [3.05, 3.63) is 0 Å². The molecule has 0 spiro atoms. The minimum atomic E-state index is -0.00344. The Bertz CT molecular complexity index is 368. The van der Waals surface area contributed by atoms with Crippen LogP contribution in [0.15, 0.2) is 0 Å². The Morgan fingerprint density at radius 3 is 1.73 bits per heavy atom. The zero-order chi connectivity index (χ0) is 19.6. The minimum absolute atomic E-state index is 0.00344. The van der Waals surface area contributed by atoms with E-state index in [1.54, 1.807) is 23.9 Å². The first-order valence-corrected chi connectivity index (χ1v) is 9.25. The van der Waals surface area contributed by atoms with E-state index in [-0.39, 0.29) is 18.4 Å². The van der Waals surface area contributed by atoms with Crippen molar-refractivity contribution in [1.82, 2.24) is 9.80 Å². The van der Waals surface area contributed by atoms with Crippen LogP contribution in [0, 0.1) is 0 Å². The Hall–Kier alpha value is -1.22. The van der Waals surface area contributed by atoms with E-state index >= 15 is 0 Å². The maximum absolute atomic E-state index is 11.7. The standard InChI is InChI=1S/C18H36N2O6/c1-5-6-7-20(4)18(22)16-26-15-14-25-13-12-24-11-10-23-9-8-19(3)17(2)21/h5-16H2,1-4H3. The number of carbonyl (C=O) groups excluding carboxylic acids is 2. The van der Waals surface area contributed by atoms with E-state index in [2.05, 4.69) is 6.92 Å². The fourth-order valence-corrected chi connectivity index (χ4v) is 1.81. The van der Waals surface area contributed by atoms with Crippen LogP contribution in [0.2, 0.25) is 0 Å². The molecule has 0 aliphatic heterocycles. The molecule has 2 amide bonds. The lowest BCUT2D eigenvalue weighted by molar-refractivity contribution is -0.135. The average Bonchev–Trinajstić information content (AvgIpc) is 2.62. The van der Waals surface area contributed by atoms with Crippen molar-refractivity contribution in [3.63, 3.8) is 0 Å². The number of ether oxygens (including phenoxy) is 4. The maximum Gasteiger partial charge on any atom is 0.248 e. The average molecular weight is 376 g/mol. The van der Waals surface area contributed by atoms with Gasteiger partial charge in [-0.1, -0.05) is 13.3 Å². The normalized spacial score (nSPS) is 10.8. The van der Waals surface area contributed by atoms with E-state index < -0.39 is 0 Å². The predicted octanol–water partition coefficient (Wildman–Crippen LogP) is 0.790. The highest BCUT2D eigenvalue weighted by atomic mass is 16.6. The number of amides is 2. The molecule has 0 heterocycles. The van der Waals surface area contributed by atoms with Crippen LogP contribution in [0.5, 0.6) is 0 Å². The first kappa shape index (κ1) is 24.8. The molecule has 8 heteroatoms. The summed E-state index contributed by atoms with van der Waals surface area (Å²) in [6, 6.07) is 0. The van der Waals surface area contributed by atoms with Gasteiger partial charge in [-0.15, -0.1) is 0 Å². The molecule has 0 N–H and O–H groups in total. The SMILES string of the molecule is CCCCN(C)C(=O)COCCOCCOCCOCCN(C)C(C)=O. The molecule has 0 aromatic rings. The number of rotatable bonds is 17. The quantitative estimate of drug-likeness (QED) is 0.349. The zero-order valence-corrected chi connectivity index (χ0v) is 16.8. The second kappa shape index (κ2) is 17.2. The Labute approximate surface area is 157 Å². The molecule has 0 bridgehead atoms. The molecule has 0 saturated carbocycles. The van der Waals surface area contributed by atoms with Crippen LogP contribution in [0.3, 0.4) is 0 Å². The molecule has 0 aromatic carbocycles. The number of carbonyl (C=O) groups is 2. The van der Waals surface area contributed by atoms with Crippen molar-refractivity contribution in [2.75, 3.05) is 80.0 Å². The van der Waals surface area contributed by atoms with Crippen LogP contribution in [-0.2, 0) is 28.5 Å². The van der Waals surface area contributed by atoms with Gasteiger partial charge in [0, 0.05) is 34.1 Å². The van der Waals surface area contributed by atoms with Crippen molar-refractivity contribution in [1.29, 1.82) is 0 Å². The number of hydrogen-bond acceptors (Lipinski definition) is 6.